The summed E-state index contributed by atoms with van der Waals surface area (Å²) in [6.07, 6.45) is -1.71. The number of rotatable bonds is 9. The molecule has 0 saturated carbocycles. The predicted octanol–water partition coefficient (Wildman–Crippen LogP) is 5.97. The minimum absolute atomic E-state index is 0.117. The highest BCUT2D eigenvalue weighted by atomic mass is 35.5. The van der Waals surface area contributed by atoms with Crippen molar-refractivity contribution in [3.05, 3.63) is 106 Å². The third-order valence-electron chi connectivity index (χ3n) is 5.62. The third-order valence-corrected chi connectivity index (χ3v) is 7.51. The lowest BCUT2D eigenvalue weighted by atomic mass is 10.1. The van der Waals surface area contributed by atoms with E-state index in [1.54, 1.807) is 48.5 Å². The second kappa shape index (κ2) is 13.2. The van der Waals surface area contributed by atoms with Gasteiger partial charge in [0.05, 0.1) is 23.0 Å². The van der Waals surface area contributed by atoms with Gasteiger partial charge in [-0.1, -0.05) is 53.5 Å². The molecule has 1 heterocycles. The van der Waals surface area contributed by atoms with Crippen molar-refractivity contribution in [1.29, 1.82) is 0 Å². The van der Waals surface area contributed by atoms with Gasteiger partial charge in [0.15, 0.2) is 5.44 Å². The summed E-state index contributed by atoms with van der Waals surface area (Å²) < 4.78 is 23.1. The second-order valence-corrected chi connectivity index (χ2v) is 10.6. The Morgan fingerprint density at radius 2 is 1.34 bits per heavy atom. The Morgan fingerprint density at radius 1 is 0.763 bits per heavy atom. The number of carbonyl (C=O) groups is 3. The molecule has 10 heteroatoms. The van der Waals surface area contributed by atoms with Crippen molar-refractivity contribution in [1.82, 2.24) is 0 Å². The molecule has 3 aromatic carbocycles. The van der Waals surface area contributed by atoms with E-state index < -0.39 is 40.8 Å². The molecule has 2 unspecified atom stereocenters. The van der Waals surface area contributed by atoms with Crippen LogP contribution in [0.5, 0.6) is 0 Å². The fraction of sp³-hybridized carbons (Fsp3) is 0.250. The Balaban J connectivity index is 1.55. The number of esters is 3. The van der Waals surface area contributed by atoms with Crippen molar-refractivity contribution >= 4 is 52.9 Å². The van der Waals surface area contributed by atoms with Crippen LogP contribution in [0, 0.1) is 0 Å². The van der Waals surface area contributed by atoms with E-state index in [0.717, 1.165) is 5.56 Å². The molecule has 4 rings (SSSR count). The van der Waals surface area contributed by atoms with Gasteiger partial charge in [0.1, 0.15) is 18.8 Å². The van der Waals surface area contributed by atoms with Crippen LogP contribution in [0.2, 0.25) is 10.0 Å². The van der Waals surface area contributed by atoms with Crippen LogP contribution >= 0.6 is 35.0 Å². The minimum Gasteiger partial charge on any atom is -0.461 e. The second-order valence-electron chi connectivity index (χ2n) is 8.40. The summed E-state index contributed by atoms with van der Waals surface area (Å²) in [4.78, 5) is 37.6. The van der Waals surface area contributed by atoms with Gasteiger partial charge >= 0.3 is 17.9 Å². The number of halogens is 2. The Morgan fingerprint density at radius 3 is 1.92 bits per heavy atom. The molecular weight excluding hydrogens is 551 g/mol. The van der Waals surface area contributed by atoms with E-state index in [9.17, 15) is 14.4 Å². The maximum atomic E-state index is 13.0. The molecule has 3 aromatic rings. The quantitative estimate of drug-likeness (QED) is 0.228. The van der Waals surface area contributed by atoms with E-state index in [1.165, 1.54) is 18.7 Å². The van der Waals surface area contributed by atoms with Gasteiger partial charge in [-0.05, 0) is 54.1 Å². The van der Waals surface area contributed by atoms with E-state index >= 15 is 0 Å². The van der Waals surface area contributed by atoms with Crippen molar-refractivity contribution < 1.29 is 33.3 Å². The number of thioether (sulfide) groups is 1. The number of benzene rings is 3. The monoisotopic (exact) mass is 574 g/mol. The molecule has 1 fully saturated rings. The van der Waals surface area contributed by atoms with Gasteiger partial charge in [-0.15, -0.1) is 11.8 Å². The topological polar surface area (TPSA) is 88.1 Å². The summed E-state index contributed by atoms with van der Waals surface area (Å²) >= 11 is 13.1. The largest absolute Gasteiger partial charge is 0.461 e. The Hall–Kier alpha value is -3.04. The lowest BCUT2D eigenvalue weighted by Gasteiger charge is -2.25. The zero-order valence-electron chi connectivity index (χ0n) is 20.3. The molecule has 7 nitrogen and oxygen atoms in total. The Kier molecular flexibility index (Phi) is 9.69. The van der Waals surface area contributed by atoms with E-state index in [0.29, 0.717) is 15.6 Å². The van der Waals surface area contributed by atoms with Gasteiger partial charge in [0.2, 0.25) is 0 Å². The average Bonchev–Trinajstić information content (AvgIpc) is 3.22. The van der Waals surface area contributed by atoms with Crippen molar-refractivity contribution in [2.24, 2.45) is 0 Å². The first kappa shape index (κ1) is 28.0. The fourth-order valence-electron chi connectivity index (χ4n) is 3.77. The van der Waals surface area contributed by atoms with Gasteiger partial charge in [-0.3, -0.25) is 4.79 Å². The highest BCUT2D eigenvalue weighted by molar-refractivity contribution is 8.00. The van der Waals surface area contributed by atoms with Gasteiger partial charge in [-0.2, -0.15) is 0 Å². The molecular formula is C28H24Cl2O7S. The minimum atomic E-state index is -0.894. The summed E-state index contributed by atoms with van der Waals surface area (Å²) in [5, 5.41) is 0.390. The number of ether oxygens (including phenoxy) is 4. The predicted molar refractivity (Wildman–Crippen MR) is 144 cm³/mol. The zero-order valence-corrected chi connectivity index (χ0v) is 22.6. The van der Waals surface area contributed by atoms with Crippen molar-refractivity contribution in [3.8, 4) is 0 Å². The van der Waals surface area contributed by atoms with Crippen molar-refractivity contribution in [3.63, 3.8) is 0 Å². The van der Waals surface area contributed by atoms with Crippen LogP contribution in [-0.2, 0) is 30.3 Å². The van der Waals surface area contributed by atoms with Crippen LogP contribution in [0.1, 0.15) is 33.2 Å². The van der Waals surface area contributed by atoms with E-state index in [4.69, 9.17) is 42.1 Å². The van der Waals surface area contributed by atoms with Crippen LogP contribution in [0.25, 0.3) is 0 Å². The SMILES string of the molecule is CC(=O)OC1S[C@H](COC(=O)c2ccc(Cl)cc2)[C@H](OC(=O)c2ccc(Cl)cc2)C1OCc1ccccc1. The maximum Gasteiger partial charge on any atom is 0.338 e. The molecule has 1 saturated heterocycles. The van der Waals surface area contributed by atoms with E-state index in [1.807, 2.05) is 30.3 Å². The summed E-state index contributed by atoms with van der Waals surface area (Å²) in [7, 11) is 0. The first-order valence-corrected chi connectivity index (χ1v) is 13.4. The molecule has 0 N–H and O–H groups in total. The van der Waals surface area contributed by atoms with Crippen molar-refractivity contribution in [2.75, 3.05) is 6.61 Å². The van der Waals surface area contributed by atoms with Crippen LogP contribution in [0.15, 0.2) is 78.9 Å². The van der Waals surface area contributed by atoms with E-state index in [2.05, 4.69) is 0 Å². The third kappa shape index (κ3) is 7.51. The first-order valence-electron chi connectivity index (χ1n) is 11.7. The lowest BCUT2D eigenvalue weighted by molar-refractivity contribution is -0.152. The molecule has 0 aliphatic carbocycles. The van der Waals surface area contributed by atoms with Gasteiger partial charge in [0, 0.05) is 17.0 Å². The van der Waals surface area contributed by atoms with Crippen LogP contribution < -0.4 is 0 Å². The molecule has 198 valence electrons. The van der Waals surface area contributed by atoms with Gasteiger partial charge < -0.3 is 18.9 Å². The highest BCUT2D eigenvalue weighted by Gasteiger charge is 2.50. The molecule has 0 amide bonds. The zero-order chi connectivity index (χ0) is 27.1. The van der Waals surface area contributed by atoms with Crippen LogP contribution in [0.4, 0.5) is 0 Å². The number of hydrogen-bond donors (Lipinski definition) is 0. The van der Waals surface area contributed by atoms with Gasteiger partial charge in [0.25, 0.3) is 0 Å². The van der Waals surface area contributed by atoms with Crippen LogP contribution in [0.3, 0.4) is 0 Å². The number of hydrogen-bond acceptors (Lipinski definition) is 8. The summed E-state index contributed by atoms with van der Waals surface area (Å²) in [6.45, 7) is 1.36. The molecule has 1 aliphatic heterocycles. The standard InChI is InChI=1S/C28H24Cl2O7S/c1-17(31)36-28-25(34-15-18-5-3-2-4-6-18)24(37-27(33)20-9-13-22(30)14-10-20)23(38-28)16-35-26(32)19-7-11-21(29)12-8-19/h2-14,23-25,28H,15-16H2,1H3/t23-,24+,25?,28?/m1/s1. The molecule has 0 bridgehead atoms. The Bertz CT molecular complexity index is 1250. The molecule has 1 aliphatic rings. The molecule has 4 atom stereocenters. The van der Waals surface area contributed by atoms with Crippen molar-refractivity contribution in [2.45, 2.75) is 36.4 Å². The van der Waals surface area contributed by atoms with Crippen LogP contribution in [-0.4, -0.2) is 47.4 Å². The highest BCUT2D eigenvalue weighted by Crippen LogP contribution is 2.40. The summed E-state index contributed by atoms with van der Waals surface area (Å²) in [5.41, 5.74) is 0.701. The molecule has 38 heavy (non-hydrogen) atoms. The number of carbonyl (C=O) groups excluding carboxylic acids is 3. The molecule has 0 aromatic heterocycles. The van der Waals surface area contributed by atoms with Gasteiger partial charge in [-0.25, -0.2) is 9.59 Å². The average molecular weight is 575 g/mol. The summed E-state index contributed by atoms with van der Waals surface area (Å²) in [6, 6.07) is 22.0. The Labute approximate surface area is 234 Å². The molecule has 0 spiro atoms. The fourth-order valence-corrected chi connectivity index (χ4v) is 5.46. The van der Waals surface area contributed by atoms with E-state index in [-0.39, 0.29) is 18.8 Å². The maximum absolute atomic E-state index is 13.0. The first-order chi connectivity index (χ1) is 18.3. The normalized spacial score (nSPS) is 20.5. The summed E-state index contributed by atoms with van der Waals surface area (Å²) in [5.74, 6) is -1.70. The molecule has 0 radical (unpaired) electrons. The smallest absolute Gasteiger partial charge is 0.338 e. The lowest BCUT2D eigenvalue weighted by Crippen LogP contribution is -2.41.